The lowest BCUT2D eigenvalue weighted by molar-refractivity contribution is -0.849. The number of rotatable bonds is 5. The minimum atomic E-state index is -1.28. The standard InChI is InChI=1S/C14H15N3O3S/c1-17(2)7-12(18)15-10-5-3-9(4-6-10)13-16-11(8-21-13)14(19)20/h3-6,8H,7H2,1-2H3,(H,15,18)(H,19,20). The van der Waals surface area contributed by atoms with Gasteiger partial charge in [-0.25, -0.2) is 4.98 Å². The number of hydrogen-bond donors (Lipinski definition) is 2. The molecule has 0 aliphatic heterocycles. The summed E-state index contributed by atoms with van der Waals surface area (Å²) in [5, 5.41) is 15.5. The summed E-state index contributed by atoms with van der Waals surface area (Å²) in [5.74, 6) is -1.34. The number of likely N-dealkylation sites (N-methyl/N-ethyl adjacent to an activating group) is 1. The van der Waals surface area contributed by atoms with E-state index < -0.39 is 5.97 Å². The molecule has 110 valence electrons. The maximum atomic E-state index is 11.6. The smallest absolute Gasteiger partial charge is 0.279 e. The number of amides is 1. The van der Waals surface area contributed by atoms with Crippen LogP contribution in [0.1, 0.15) is 10.5 Å². The number of quaternary nitrogens is 1. The molecule has 21 heavy (non-hydrogen) atoms. The van der Waals surface area contributed by atoms with Crippen LogP contribution in [0.25, 0.3) is 10.6 Å². The molecular weight excluding hydrogens is 290 g/mol. The summed E-state index contributed by atoms with van der Waals surface area (Å²) in [6, 6.07) is 7.10. The predicted molar refractivity (Wildman–Crippen MR) is 78.2 cm³/mol. The fourth-order valence-electron chi connectivity index (χ4n) is 1.72. The maximum Gasteiger partial charge on any atom is 0.279 e. The van der Waals surface area contributed by atoms with Crippen LogP contribution in [0.4, 0.5) is 5.69 Å². The molecule has 0 saturated heterocycles. The molecule has 0 fully saturated rings. The van der Waals surface area contributed by atoms with Gasteiger partial charge in [0, 0.05) is 16.6 Å². The highest BCUT2D eigenvalue weighted by atomic mass is 32.1. The van der Waals surface area contributed by atoms with E-state index in [1.807, 2.05) is 14.1 Å². The summed E-state index contributed by atoms with van der Waals surface area (Å²) in [5.41, 5.74) is 1.42. The molecular formula is C14H15N3O3S. The van der Waals surface area contributed by atoms with E-state index in [-0.39, 0.29) is 11.6 Å². The normalized spacial score (nSPS) is 10.6. The Kier molecular flexibility index (Phi) is 4.66. The second kappa shape index (κ2) is 6.47. The Labute approximate surface area is 126 Å². The van der Waals surface area contributed by atoms with Crippen molar-refractivity contribution in [1.82, 2.24) is 4.98 Å². The zero-order chi connectivity index (χ0) is 15.4. The van der Waals surface area contributed by atoms with Gasteiger partial charge in [-0.05, 0) is 24.3 Å². The molecule has 0 bridgehead atoms. The van der Waals surface area contributed by atoms with Crippen molar-refractivity contribution in [3.8, 4) is 10.6 Å². The fraction of sp³-hybridized carbons (Fsp3) is 0.214. The topological polar surface area (TPSA) is 86.6 Å². The van der Waals surface area contributed by atoms with Crippen LogP contribution in [-0.4, -0.2) is 37.5 Å². The molecule has 0 spiro atoms. The molecule has 0 unspecified atom stereocenters. The largest absolute Gasteiger partial charge is 0.543 e. The molecule has 2 aromatic rings. The van der Waals surface area contributed by atoms with Gasteiger partial charge in [-0.2, -0.15) is 0 Å². The molecule has 0 radical (unpaired) electrons. The van der Waals surface area contributed by atoms with Gasteiger partial charge in [0.25, 0.3) is 5.91 Å². The molecule has 0 aliphatic carbocycles. The third-order valence-corrected chi connectivity index (χ3v) is 3.53. The first-order valence-corrected chi connectivity index (χ1v) is 7.20. The van der Waals surface area contributed by atoms with Crippen molar-refractivity contribution in [3.05, 3.63) is 35.3 Å². The Morgan fingerprint density at radius 3 is 2.48 bits per heavy atom. The lowest BCUT2D eigenvalue weighted by Gasteiger charge is -2.08. The van der Waals surface area contributed by atoms with E-state index in [1.165, 1.54) is 16.7 Å². The number of hydrogen-bond acceptors (Lipinski definition) is 5. The van der Waals surface area contributed by atoms with E-state index in [4.69, 9.17) is 0 Å². The molecule has 1 heterocycles. The number of anilines is 1. The first-order chi connectivity index (χ1) is 9.95. The second-order valence-corrected chi connectivity index (χ2v) is 5.69. The lowest BCUT2D eigenvalue weighted by Crippen LogP contribution is -3.06. The van der Waals surface area contributed by atoms with Crippen molar-refractivity contribution in [3.63, 3.8) is 0 Å². The Balaban J connectivity index is 2.07. The van der Waals surface area contributed by atoms with E-state index in [0.717, 1.165) is 10.5 Å². The zero-order valence-electron chi connectivity index (χ0n) is 11.7. The number of nitrogens with one attached hydrogen (secondary N) is 2. The van der Waals surface area contributed by atoms with Crippen molar-refractivity contribution in [2.45, 2.75) is 0 Å². The summed E-state index contributed by atoms with van der Waals surface area (Å²) in [4.78, 5) is 27.4. The van der Waals surface area contributed by atoms with E-state index in [2.05, 4.69) is 10.3 Å². The zero-order valence-corrected chi connectivity index (χ0v) is 12.5. The van der Waals surface area contributed by atoms with Crippen LogP contribution in [0.5, 0.6) is 0 Å². The van der Waals surface area contributed by atoms with E-state index >= 15 is 0 Å². The Bertz CT molecular complexity index is 650. The van der Waals surface area contributed by atoms with Gasteiger partial charge in [0.15, 0.2) is 6.54 Å². The van der Waals surface area contributed by atoms with E-state index in [0.29, 0.717) is 17.2 Å². The van der Waals surface area contributed by atoms with E-state index in [9.17, 15) is 14.7 Å². The number of carboxylic acid groups (broad SMARTS) is 1. The third-order valence-electron chi connectivity index (χ3n) is 2.64. The van der Waals surface area contributed by atoms with Crippen molar-refractivity contribution in [2.24, 2.45) is 0 Å². The number of carboxylic acids is 1. The number of carbonyl (C=O) groups is 2. The highest BCUT2D eigenvalue weighted by molar-refractivity contribution is 7.13. The first kappa shape index (κ1) is 15.1. The molecule has 0 aliphatic rings. The van der Waals surface area contributed by atoms with Crippen molar-refractivity contribution in [2.75, 3.05) is 26.0 Å². The van der Waals surface area contributed by atoms with Crippen molar-refractivity contribution >= 4 is 28.9 Å². The molecule has 1 amide bonds. The van der Waals surface area contributed by atoms with Crippen LogP contribution in [0.3, 0.4) is 0 Å². The van der Waals surface area contributed by atoms with Crippen LogP contribution < -0.4 is 15.3 Å². The van der Waals surface area contributed by atoms with Crippen molar-refractivity contribution in [1.29, 1.82) is 0 Å². The molecule has 2 rings (SSSR count). The highest BCUT2D eigenvalue weighted by Gasteiger charge is 2.08. The Hall–Kier alpha value is -2.25. The number of benzene rings is 1. The number of carbonyl (C=O) groups excluding carboxylic acids is 2. The number of nitrogens with zero attached hydrogens (tertiary/aromatic N) is 1. The van der Waals surface area contributed by atoms with Gasteiger partial charge in [0.1, 0.15) is 5.01 Å². The lowest BCUT2D eigenvalue weighted by atomic mass is 10.2. The van der Waals surface area contributed by atoms with Gasteiger partial charge < -0.3 is 20.1 Å². The van der Waals surface area contributed by atoms with Gasteiger partial charge in [-0.3, -0.25) is 4.79 Å². The van der Waals surface area contributed by atoms with E-state index in [1.54, 1.807) is 24.3 Å². The quantitative estimate of drug-likeness (QED) is 0.761. The van der Waals surface area contributed by atoms with Crippen LogP contribution in [0.2, 0.25) is 0 Å². The average Bonchev–Trinajstić information content (AvgIpc) is 2.88. The SMILES string of the molecule is C[NH+](C)CC(=O)Nc1ccc(-c2nc(C(=O)[O-])cs2)cc1. The van der Waals surface area contributed by atoms with Gasteiger partial charge in [-0.15, -0.1) is 11.3 Å². The summed E-state index contributed by atoms with van der Waals surface area (Å²) in [7, 11) is 3.81. The molecule has 1 aromatic heterocycles. The molecule has 7 heteroatoms. The summed E-state index contributed by atoms with van der Waals surface area (Å²) in [6.07, 6.45) is 0. The molecule has 0 atom stereocenters. The van der Waals surface area contributed by atoms with Gasteiger partial charge >= 0.3 is 0 Å². The van der Waals surface area contributed by atoms with Crippen LogP contribution in [-0.2, 0) is 4.79 Å². The fourth-order valence-corrected chi connectivity index (χ4v) is 2.52. The number of thiazole rings is 1. The monoisotopic (exact) mass is 305 g/mol. The average molecular weight is 305 g/mol. The predicted octanol–water partition coefficient (Wildman–Crippen LogP) is -0.743. The molecule has 0 saturated carbocycles. The van der Waals surface area contributed by atoms with Crippen molar-refractivity contribution < 1.29 is 19.6 Å². The first-order valence-electron chi connectivity index (χ1n) is 6.32. The summed E-state index contributed by atoms with van der Waals surface area (Å²) < 4.78 is 0. The maximum absolute atomic E-state index is 11.6. The third kappa shape index (κ3) is 4.11. The second-order valence-electron chi connectivity index (χ2n) is 4.83. The summed E-state index contributed by atoms with van der Waals surface area (Å²) >= 11 is 1.24. The van der Waals surface area contributed by atoms with Crippen LogP contribution >= 0.6 is 11.3 Å². The highest BCUT2D eigenvalue weighted by Crippen LogP contribution is 2.24. The minimum absolute atomic E-state index is 0.0590. The number of aromatic carboxylic acids is 1. The Morgan fingerprint density at radius 1 is 1.29 bits per heavy atom. The van der Waals surface area contributed by atoms with Gasteiger partial charge in [0.2, 0.25) is 0 Å². The number of aromatic nitrogens is 1. The van der Waals surface area contributed by atoms with Crippen LogP contribution in [0.15, 0.2) is 29.6 Å². The molecule has 6 nitrogen and oxygen atoms in total. The molecule has 2 N–H and O–H groups in total. The Morgan fingerprint density at radius 2 is 1.95 bits per heavy atom. The van der Waals surface area contributed by atoms with Gasteiger partial charge in [0.05, 0.1) is 25.8 Å². The summed E-state index contributed by atoms with van der Waals surface area (Å²) in [6.45, 7) is 0.392. The minimum Gasteiger partial charge on any atom is -0.543 e. The molecule has 1 aromatic carbocycles. The van der Waals surface area contributed by atoms with Crippen LogP contribution in [0, 0.1) is 0 Å². The van der Waals surface area contributed by atoms with Gasteiger partial charge in [-0.1, -0.05) is 0 Å².